The van der Waals surface area contributed by atoms with E-state index in [0.29, 0.717) is 13.1 Å². The fourth-order valence-electron chi connectivity index (χ4n) is 1.64. The third kappa shape index (κ3) is 4.85. The third-order valence-corrected chi connectivity index (χ3v) is 2.63. The van der Waals surface area contributed by atoms with Gasteiger partial charge in [0.1, 0.15) is 0 Å². The first-order chi connectivity index (χ1) is 9.58. The van der Waals surface area contributed by atoms with Crippen LogP contribution in [-0.2, 0) is 11.3 Å². The highest BCUT2D eigenvalue weighted by Crippen LogP contribution is 2.27. The van der Waals surface area contributed by atoms with Gasteiger partial charge in [0.2, 0.25) is 5.91 Å². The summed E-state index contributed by atoms with van der Waals surface area (Å²) in [6.07, 6.45) is 0.885. The molecule has 1 aromatic carbocycles. The van der Waals surface area contributed by atoms with Gasteiger partial charge in [-0.25, -0.2) is 0 Å². The van der Waals surface area contributed by atoms with Crippen LogP contribution < -0.4 is 15.4 Å². The summed E-state index contributed by atoms with van der Waals surface area (Å²) in [5.41, 5.74) is 0.642. The molecule has 20 heavy (non-hydrogen) atoms. The first-order valence-corrected chi connectivity index (χ1v) is 6.37. The third-order valence-electron chi connectivity index (χ3n) is 2.63. The highest BCUT2D eigenvalue weighted by Gasteiger charge is 2.14. The number of nitrogens with one attached hydrogen (secondary N) is 2. The van der Waals surface area contributed by atoms with Gasteiger partial charge in [-0.15, -0.1) is 0 Å². The van der Waals surface area contributed by atoms with Crippen molar-refractivity contribution in [1.82, 2.24) is 10.6 Å². The molecule has 7 nitrogen and oxygen atoms in total. The molecule has 0 heterocycles. The zero-order valence-corrected chi connectivity index (χ0v) is 11.6. The highest BCUT2D eigenvalue weighted by atomic mass is 16.6. The Hall–Kier alpha value is -2.15. The van der Waals surface area contributed by atoms with Crippen molar-refractivity contribution in [2.24, 2.45) is 0 Å². The second-order valence-electron chi connectivity index (χ2n) is 4.22. The fourth-order valence-corrected chi connectivity index (χ4v) is 1.64. The molecule has 1 aromatic rings. The summed E-state index contributed by atoms with van der Waals surface area (Å²) >= 11 is 0. The number of nitrogens with zero attached hydrogens (tertiary/aromatic N) is 1. The molecule has 0 radical (unpaired) electrons. The Morgan fingerprint density at radius 1 is 1.45 bits per heavy atom. The van der Waals surface area contributed by atoms with Gasteiger partial charge in [-0.05, 0) is 18.1 Å². The Bertz CT molecular complexity index is 477. The molecule has 0 aliphatic rings. The first-order valence-electron chi connectivity index (χ1n) is 6.37. The van der Waals surface area contributed by atoms with Crippen LogP contribution >= 0.6 is 0 Å². The van der Waals surface area contributed by atoms with Crippen LogP contribution in [0.25, 0.3) is 0 Å². The molecule has 0 spiro atoms. The van der Waals surface area contributed by atoms with Crippen molar-refractivity contribution in [3.8, 4) is 5.75 Å². The average molecular weight is 281 g/mol. The summed E-state index contributed by atoms with van der Waals surface area (Å²) in [5.74, 6) is 0.134. The normalized spacial score (nSPS) is 10.1. The molecule has 0 aromatic heterocycles. The lowest BCUT2D eigenvalue weighted by Crippen LogP contribution is -2.33. The maximum Gasteiger partial charge on any atom is 0.311 e. The van der Waals surface area contributed by atoms with Gasteiger partial charge in [-0.2, -0.15) is 0 Å². The van der Waals surface area contributed by atoms with E-state index in [9.17, 15) is 14.9 Å². The molecular formula is C13H19N3O4. The smallest absolute Gasteiger partial charge is 0.311 e. The van der Waals surface area contributed by atoms with E-state index >= 15 is 0 Å². The van der Waals surface area contributed by atoms with E-state index in [1.165, 1.54) is 13.2 Å². The van der Waals surface area contributed by atoms with Gasteiger partial charge in [-0.1, -0.05) is 13.0 Å². The molecule has 1 amide bonds. The Morgan fingerprint density at radius 3 is 2.80 bits per heavy atom. The van der Waals surface area contributed by atoms with Crippen LogP contribution in [0.15, 0.2) is 18.2 Å². The number of methoxy groups -OCH3 is 1. The Labute approximate surface area is 117 Å². The highest BCUT2D eigenvalue weighted by molar-refractivity contribution is 5.77. The molecule has 0 saturated heterocycles. The van der Waals surface area contributed by atoms with Gasteiger partial charge in [-0.3, -0.25) is 14.9 Å². The van der Waals surface area contributed by atoms with Crippen LogP contribution in [0, 0.1) is 10.1 Å². The Morgan fingerprint density at radius 2 is 2.20 bits per heavy atom. The number of nitro groups is 1. The predicted molar refractivity (Wildman–Crippen MR) is 74.7 cm³/mol. The maximum atomic E-state index is 11.4. The molecule has 0 fully saturated rings. The van der Waals surface area contributed by atoms with Crippen LogP contribution in [0.4, 0.5) is 5.69 Å². The quantitative estimate of drug-likeness (QED) is 0.552. The van der Waals surface area contributed by atoms with E-state index < -0.39 is 4.92 Å². The van der Waals surface area contributed by atoms with Gasteiger partial charge in [0.05, 0.1) is 18.6 Å². The van der Waals surface area contributed by atoms with Crippen molar-refractivity contribution in [3.05, 3.63) is 33.9 Å². The summed E-state index contributed by atoms with van der Waals surface area (Å²) in [4.78, 5) is 21.8. The van der Waals surface area contributed by atoms with Gasteiger partial charge in [0, 0.05) is 19.2 Å². The minimum absolute atomic E-state index is 0.0813. The second-order valence-corrected chi connectivity index (χ2v) is 4.22. The standard InChI is InChI=1S/C13H19N3O4/c1-3-6-15-13(17)9-14-8-10-4-5-12(20-2)11(7-10)16(18)19/h4-5,7,14H,3,6,8-9H2,1-2H3,(H,15,17). The van der Waals surface area contributed by atoms with E-state index in [-0.39, 0.29) is 23.9 Å². The summed E-state index contributed by atoms with van der Waals surface area (Å²) in [6.45, 7) is 3.18. The summed E-state index contributed by atoms with van der Waals surface area (Å²) in [6, 6.07) is 4.71. The van der Waals surface area contributed by atoms with Gasteiger partial charge in [0.25, 0.3) is 0 Å². The Kier molecular flexibility index (Phi) is 6.45. The Balaban J connectivity index is 2.54. The molecule has 0 unspecified atom stereocenters. The molecule has 0 bridgehead atoms. The topological polar surface area (TPSA) is 93.5 Å². The van der Waals surface area contributed by atoms with Crippen molar-refractivity contribution < 1.29 is 14.5 Å². The molecule has 0 atom stereocenters. The van der Waals surface area contributed by atoms with Crippen LogP contribution in [0.1, 0.15) is 18.9 Å². The van der Waals surface area contributed by atoms with Crippen molar-refractivity contribution in [2.75, 3.05) is 20.2 Å². The second kappa shape index (κ2) is 8.11. The van der Waals surface area contributed by atoms with Crippen molar-refractivity contribution in [3.63, 3.8) is 0 Å². The van der Waals surface area contributed by atoms with Crippen molar-refractivity contribution >= 4 is 11.6 Å². The number of rotatable bonds is 8. The largest absolute Gasteiger partial charge is 0.490 e. The molecule has 110 valence electrons. The fraction of sp³-hybridized carbons (Fsp3) is 0.462. The zero-order chi connectivity index (χ0) is 15.0. The zero-order valence-electron chi connectivity index (χ0n) is 11.6. The van der Waals surface area contributed by atoms with Gasteiger partial charge in [0.15, 0.2) is 5.75 Å². The van der Waals surface area contributed by atoms with E-state index in [1.54, 1.807) is 12.1 Å². The molecule has 7 heteroatoms. The molecule has 0 aliphatic heterocycles. The minimum Gasteiger partial charge on any atom is -0.490 e. The van der Waals surface area contributed by atoms with Crippen LogP contribution in [0.2, 0.25) is 0 Å². The van der Waals surface area contributed by atoms with Crippen LogP contribution in [0.5, 0.6) is 5.75 Å². The van der Waals surface area contributed by atoms with Gasteiger partial charge < -0.3 is 15.4 Å². The van der Waals surface area contributed by atoms with Crippen LogP contribution in [-0.4, -0.2) is 31.0 Å². The lowest BCUT2D eigenvalue weighted by Gasteiger charge is -2.07. The SMILES string of the molecule is CCCNC(=O)CNCc1ccc(OC)c([N+](=O)[O-])c1. The van der Waals surface area contributed by atoms with E-state index in [2.05, 4.69) is 10.6 Å². The van der Waals surface area contributed by atoms with Crippen LogP contribution in [0.3, 0.4) is 0 Å². The van der Waals surface area contributed by atoms with Crippen molar-refractivity contribution in [1.29, 1.82) is 0 Å². The minimum atomic E-state index is -0.490. The van der Waals surface area contributed by atoms with E-state index in [4.69, 9.17) is 4.74 Å². The molecule has 0 saturated carbocycles. The number of ether oxygens (including phenoxy) is 1. The number of hydrogen-bond acceptors (Lipinski definition) is 5. The summed E-state index contributed by atoms with van der Waals surface area (Å²) in [7, 11) is 1.39. The number of nitro benzene ring substituents is 1. The molecule has 1 rings (SSSR count). The number of amides is 1. The average Bonchev–Trinajstić information content (AvgIpc) is 2.44. The number of carbonyl (C=O) groups excluding carboxylic acids is 1. The summed E-state index contributed by atoms with van der Waals surface area (Å²) in [5, 5.41) is 16.5. The monoisotopic (exact) mass is 281 g/mol. The predicted octanol–water partition coefficient (Wildman–Crippen LogP) is 1.22. The molecule has 2 N–H and O–H groups in total. The maximum absolute atomic E-state index is 11.4. The number of carbonyl (C=O) groups is 1. The number of hydrogen-bond donors (Lipinski definition) is 2. The molecule has 0 aliphatic carbocycles. The van der Waals surface area contributed by atoms with Gasteiger partial charge >= 0.3 is 5.69 Å². The van der Waals surface area contributed by atoms with E-state index in [0.717, 1.165) is 12.0 Å². The lowest BCUT2D eigenvalue weighted by atomic mass is 10.2. The first kappa shape index (κ1) is 15.9. The van der Waals surface area contributed by atoms with E-state index in [1.807, 2.05) is 6.92 Å². The summed E-state index contributed by atoms with van der Waals surface area (Å²) < 4.78 is 4.92. The lowest BCUT2D eigenvalue weighted by molar-refractivity contribution is -0.385. The number of benzene rings is 1. The molecular weight excluding hydrogens is 262 g/mol. The van der Waals surface area contributed by atoms with Crippen molar-refractivity contribution in [2.45, 2.75) is 19.9 Å².